The van der Waals surface area contributed by atoms with Crippen LogP contribution in [0.4, 0.5) is 0 Å². The van der Waals surface area contributed by atoms with Crippen molar-refractivity contribution in [1.29, 1.82) is 0 Å². The maximum absolute atomic E-state index is 13.2. The van der Waals surface area contributed by atoms with Crippen LogP contribution in [0.2, 0.25) is 0 Å². The molecule has 28 nitrogen and oxygen atoms in total. The fourth-order valence-corrected chi connectivity index (χ4v) is 17.8. The van der Waals surface area contributed by atoms with Crippen molar-refractivity contribution in [1.82, 2.24) is 0 Å². The summed E-state index contributed by atoms with van der Waals surface area (Å²) in [5.74, 6) is -0.116. The van der Waals surface area contributed by atoms with Crippen molar-refractivity contribution in [3.05, 3.63) is 216 Å². The summed E-state index contributed by atoms with van der Waals surface area (Å²) < 4.78 is 101. The summed E-state index contributed by atoms with van der Waals surface area (Å²) in [7, 11) is 0. The Morgan fingerprint density at radius 3 is 0.759 bits per heavy atom. The highest BCUT2D eigenvalue weighted by Crippen LogP contribution is 2.39. The Morgan fingerprint density at radius 2 is 0.531 bits per heavy atom. The third-order valence-electron chi connectivity index (χ3n) is 27.6. The number of phenols is 1. The molecule has 17 rings (SSSR count). The van der Waals surface area contributed by atoms with E-state index in [0.29, 0.717) is 41.9 Å². The molecule has 6 N–H and O–H groups in total. The molecule has 0 bridgehead atoms. The van der Waals surface area contributed by atoms with Gasteiger partial charge in [0.2, 0.25) is 0 Å². The number of fused-ring (bicyclic) bond motifs is 2. The van der Waals surface area contributed by atoms with Crippen molar-refractivity contribution in [2.45, 2.75) is 180 Å². The van der Waals surface area contributed by atoms with Gasteiger partial charge in [-0.3, -0.25) is 0 Å². The van der Waals surface area contributed by atoms with Crippen LogP contribution in [0.3, 0.4) is 0 Å². The van der Waals surface area contributed by atoms with E-state index in [1.807, 2.05) is 109 Å². The first kappa shape index (κ1) is 117. The van der Waals surface area contributed by atoms with Gasteiger partial charge < -0.3 is 116 Å². The second-order valence-corrected chi connectivity index (χ2v) is 40.9. The van der Waals surface area contributed by atoms with Crippen LogP contribution in [0.1, 0.15) is 172 Å². The van der Waals surface area contributed by atoms with Gasteiger partial charge in [-0.2, -0.15) is 0 Å². The first-order valence-electron chi connectivity index (χ1n) is 51.1. The summed E-state index contributed by atoms with van der Waals surface area (Å²) >= 11 is 10.1. The van der Waals surface area contributed by atoms with Crippen LogP contribution >= 0.6 is 47.8 Å². The fraction of sp³-hybridized carbons (Fsp3) is 0.544. The van der Waals surface area contributed by atoms with Crippen molar-refractivity contribution in [2.75, 3.05) is 188 Å². The number of hydrogen-bond donors (Lipinski definition) is 6. The molecular formula is C114H149Br3O28. The number of halogens is 3. The van der Waals surface area contributed by atoms with E-state index in [1.54, 1.807) is 84.9 Å². The number of aliphatic hydroxyl groups is 3. The molecule has 145 heavy (non-hydrogen) atoms. The normalized spacial score (nSPS) is 20.7. The van der Waals surface area contributed by atoms with Crippen LogP contribution in [-0.4, -0.2) is 291 Å². The monoisotopic (exact) mass is 2200 g/mol. The largest absolute Gasteiger partial charge is 0.508 e. The van der Waals surface area contributed by atoms with E-state index in [0.717, 1.165) is 267 Å². The number of esters is 2. The highest BCUT2D eigenvalue weighted by Gasteiger charge is 2.52. The van der Waals surface area contributed by atoms with E-state index in [2.05, 4.69) is 82.4 Å². The zero-order valence-electron chi connectivity index (χ0n) is 84.5. The minimum absolute atomic E-state index is 0.139. The van der Waals surface area contributed by atoms with E-state index >= 15 is 0 Å². The SMILES string of the molecule is BrCCCCBr.CCC1(CO)COC1.CCC1(COCCCCBr)COC1.CCC1(COCCCCOc2ccc(-c3ccc(C(=O)O)cc3)cc2)COC1.CCC1(COCCCCOc2ccc(-c3ccc(C(=O)O[C@H]4COC5C4OC[C@H]5OC(=O)c4ccc(-c5ccc(OCCCCOCC6(CC)COC6)cc5)cc4)cc3)cc2)COC1.O=C(O)c1ccc(-c2ccc(O)cc2)cc1.O[C@@H]1CO[C@H]2[C@@H]1OC[C@@H]2O. The topological polar surface area (TPSA) is 356 Å². The van der Waals surface area contributed by atoms with E-state index in [1.165, 1.54) is 25.7 Å². The zero-order valence-corrected chi connectivity index (χ0v) is 89.3. The predicted octanol–water partition coefficient (Wildman–Crippen LogP) is 20.3. The predicted molar refractivity (Wildman–Crippen MR) is 565 cm³/mol. The average molecular weight is 2210 g/mol. The standard InChI is InChI=1S/C52H62O12.C23H28O5.C13H10O3.C10H19BrO2.C6H10O4.C6H12O2.C4H8Br2/c1-3-51(33-57-34-51)31-55-25-5-7-27-59-43-21-17-39(18-22-43)37-9-13-41(14-10-37)49(53)63-45-29-61-48-46(30-62-47(45)48)64-50(54)42-15-11-38(12-16-42)40-19-23-44(24-20-40)60-28-8-6-26-56-32-52(4-2)35-58-36-52;1-2-23(16-27-17-23)15-26-13-3-4-14-28-21-11-9-19(10-12-21)18-5-7-20(8-6-18)22(24)25;14-12-7-5-10(6-8-12)9-1-3-11(4-2-9)13(15)16;1-2-10(8-13-9-10)7-12-6-4-3-5-11;7-3-1-9-6-4(8)2-10-5(3)6;1-2-6(3-7)4-8-5-6;5-3-1-2-4-6/h9-24,45-48H,3-8,25-36H2,1-2H3;5-12H,2-4,13-17H2,1H3,(H,24,25);1-8,14H,(H,15,16);2-9H2,1H3;3-8H,1-2H2;7H,2-5H2,1H3;1-4H2/t45-,46+,47?,48?;;;;3-,4+,5-,6-;;/m....1../s1. The van der Waals surface area contributed by atoms with E-state index in [-0.39, 0.29) is 78.2 Å². The van der Waals surface area contributed by atoms with Gasteiger partial charge in [0.15, 0.2) is 12.2 Å². The molecule has 2 unspecified atom stereocenters. The Balaban J connectivity index is 0.000000199. The van der Waals surface area contributed by atoms with Gasteiger partial charge in [-0.1, -0.05) is 179 Å². The lowest BCUT2D eigenvalue weighted by atomic mass is 9.84. The Bertz CT molecular complexity index is 4810. The Hall–Kier alpha value is -8.36. The van der Waals surface area contributed by atoms with Crippen molar-refractivity contribution in [2.24, 2.45) is 27.1 Å². The Morgan fingerprint density at radius 1 is 0.303 bits per heavy atom. The first-order chi connectivity index (χ1) is 70.5. The van der Waals surface area contributed by atoms with Crippen LogP contribution < -0.4 is 14.2 Å². The van der Waals surface area contributed by atoms with Gasteiger partial charge in [0.05, 0.1) is 168 Å². The highest BCUT2D eigenvalue weighted by atomic mass is 79.9. The summed E-state index contributed by atoms with van der Waals surface area (Å²) in [5.41, 5.74) is 10.4. The minimum atomic E-state index is -0.933. The van der Waals surface area contributed by atoms with Gasteiger partial charge in [0.1, 0.15) is 59.6 Å². The Labute approximate surface area is 879 Å². The average Bonchev–Trinajstić information content (AvgIpc) is 1.66. The van der Waals surface area contributed by atoms with E-state index < -0.39 is 60.5 Å². The third-order valence-corrected chi connectivity index (χ3v) is 29.3. The maximum Gasteiger partial charge on any atom is 0.338 e. The summed E-state index contributed by atoms with van der Waals surface area (Å²) in [6, 6.07) is 58.6. The van der Waals surface area contributed by atoms with Crippen LogP contribution in [0.15, 0.2) is 194 Å². The first-order valence-corrected chi connectivity index (χ1v) is 54.4. The second kappa shape index (κ2) is 61.7. The molecular weight excluding hydrogens is 2060 g/mol. The van der Waals surface area contributed by atoms with Crippen LogP contribution in [-0.2, 0) is 71.1 Å². The molecule has 9 fully saturated rings. The molecule has 8 aromatic carbocycles. The van der Waals surface area contributed by atoms with Gasteiger partial charge in [-0.15, -0.1) is 0 Å². The maximum atomic E-state index is 13.2. The van der Waals surface area contributed by atoms with Gasteiger partial charge in [-0.25, -0.2) is 19.2 Å². The van der Waals surface area contributed by atoms with Crippen LogP contribution in [0.25, 0.3) is 44.5 Å². The molecule has 31 heteroatoms. The lowest BCUT2D eigenvalue weighted by molar-refractivity contribution is -0.150. The molecule has 9 heterocycles. The molecule has 8 aromatic rings. The number of carboxylic acids is 2. The molecule has 0 radical (unpaired) electrons. The number of phenolic OH excluding ortho intramolecular Hbond substituents is 1. The summed E-state index contributed by atoms with van der Waals surface area (Å²) in [4.78, 5) is 48.0. The number of hydrogen-bond acceptors (Lipinski definition) is 26. The van der Waals surface area contributed by atoms with Crippen molar-refractivity contribution < 1.29 is 135 Å². The summed E-state index contributed by atoms with van der Waals surface area (Å²) in [6.45, 7) is 28.4. The zero-order chi connectivity index (χ0) is 103. The quantitative estimate of drug-likeness (QED) is 0.0117. The summed E-state index contributed by atoms with van der Waals surface area (Å²) in [5, 5.41) is 57.3. The Kier molecular flexibility index (Phi) is 49.7. The van der Waals surface area contributed by atoms with Gasteiger partial charge in [0, 0.05) is 69.5 Å². The number of ether oxygens (including phenoxy) is 18. The molecule has 9 aliphatic rings. The molecule has 0 amide bonds. The van der Waals surface area contributed by atoms with E-state index in [9.17, 15) is 19.2 Å². The minimum Gasteiger partial charge on any atom is -0.508 e. The number of carbonyl (C=O) groups excluding carboxylic acids is 2. The summed E-state index contributed by atoms with van der Waals surface area (Å²) in [6.07, 6.45) is 12.1. The number of carbonyl (C=O) groups is 4. The number of benzene rings is 8. The second-order valence-electron chi connectivity index (χ2n) is 38.5. The van der Waals surface area contributed by atoms with Gasteiger partial charge in [0.25, 0.3) is 0 Å². The molecule has 9 aliphatic heterocycles. The smallest absolute Gasteiger partial charge is 0.338 e. The van der Waals surface area contributed by atoms with Gasteiger partial charge in [-0.05, 0) is 238 Å². The van der Waals surface area contributed by atoms with Crippen molar-refractivity contribution in [3.8, 4) is 67.5 Å². The highest BCUT2D eigenvalue weighted by molar-refractivity contribution is 9.09. The third kappa shape index (κ3) is 36.5. The molecule has 0 saturated carbocycles. The van der Waals surface area contributed by atoms with Crippen LogP contribution in [0.5, 0.6) is 23.0 Å². The number of aromatic hydroxyl groups is 1. The number of aromatic carboxylic acids is 2. The molecule has 0 aromatic heterocycles. The fourth-order valence-electron chi connectivity index (χ4n) is 16.6. The number of unbranched alkanes of at least 4 members (excludes halogenated alkanes) is 5. The lowest BCUT2D eigenvalue weighted by Crippen LogP contribution is -2.45. The number of rotatable bonds is 49. The number of alkyl halides is 3. The molecule has 9 saturated heterocycles. The van der Waals surface area contributed by atoms with Crippen molar-refractivity contribution >= 4 is 71.7 Å². The van der Waals surface area contributed by atoms with Crippen LogP contribution in [0, 0.1) is 27.1 Å². The number of carboxylic acid groups (broad SMARTS) is 2. The molecule has 0 spiro atoms. The lowest BCUT2D eigenvalue weighted by Gasteiger charge is -2.40. The van der Waals surface area contributed by atoms with E-state index in [4.69, 9.17) is 116 Å². The molecule has 0 aliphatic carbocycles. The van der Waals surface area contributed by atoms with Gasteiger partial charge >= 0.3 is 23.9 Å². The molecule has 8 atom stereocenters. The number of aliphatic hydroxyl groups excluding tert-OH is 3. The van der Waals surface area contributed by atoms with Crippen molar-refractivity contribution in [3.63, 3.8) is 0 Å². The molecule has 794 valence electrons.